The average molecular weight is 510 g/mol. The Kier molecular flexibility index (Phi) is 7.69. The van der Waals surface area contributed by atoms with Crippen molar-refractivity contribution in [1.82, 2.24) is 9.13 Å². The molecule has 0 atom stereocenters. The van der Waals surface area contributed by atoms with Crippen molar-refractivity contribution in [2.45, 2.75) is 39.3 Å². The van der Waals surface area contributed by atoms with Crippen LogP contribution < -0.4 is 15.1 Å². The Bertz CT molecular complexity index is 1270. The Morgan fingerprint density at radius 1 is 0.788 bits per heavy atom. The van der Waals surface area contributed by atoms with Crippen molar-refractivity contribution >= 4 is 28.0 Å². The first kappa shape index (κ1) is 24.6. The Balaban J connectivity index is 0.00000306. The van der Waals surface area contributed by atoms with Crippen molar-refractivity contribution in [2.24, 2.45) is 0 Å². The first-order valence-electron chi connectivity index (χ1n) is 11.0. The van der Waals surface area contributed by atoms with E-state index in [1.807, 2.05) is 41.0 Å². The number of methoxy groups -OCH3 is 1. The minimum atomic E-state index is 0. The van der Waals surface area contributed by atoms with E-state index < -0.39 is 0 Å². The number of benzene rings is 3. The van der Waals surface area contributed by atoms with Crippen LogP contribution in [0.3, 0.4) is 0 Å². The number of nitrogens with one attached hydrogen (secondary N) is 1. The smallest absolute Gasteiger partial charge is 0.203 e. The Labute approximate surface area is 205 Å². The number of halogens is 1. The molecular formula is C27H32BrN3O2. The summed E-state index contributed by atoms with van der Waals surface area (Å²) >= 11 is 0. The molecule has 0 aliphatic rings. The largest absolute Gasteiger partial charge is 0.493 e. The van der Waals surface area contributed by atoms with Crippen LogP contribution in [0, 0.1) is 5.41 Å². The molecule has 174 valence electrons. The lowest BCUT2D eigenvalue weighted by molar-refractivity contribution is 0.278. The molecule has 33 heavy (non-hydrogen) atoms. The molecule has 0 saturated carbocycles. The van der Waals surface area contributed by atoms with Crippen LogP contribution in [0.1, 0.15) is 31.9 Å². The van der Waals surface area contributed by atoms with Crippen molar-refractivity contribution < 1.29 is 9.47 Å². The fourth-order valence-electron chi connectivity index (χ4n) is 3.96. The lowest BCUT2D eigenvalue weighted by Crippen LogP contribution is -2.27. The second kappa shape index (κ2) is 10.3. The highest BCUT2D eigenvalue weighted by Gasteiger charge is 2.14. The molecule has 1 N–H and O–H groups in total. The molecule has 0 saturated heterocycles. The lowest BCUT2D eigenvalue weighted by Gasteiger charge is -2.19. The molecule has 0 aliphatic heterocycles. The van der Waals surface area contributed by atoms with Crippen molar-refractivity contribution in [3.63, 3.8) is 0 Å². The minimum absolute atomic E-state index is 0. The van der Waals surface area contributed by atoms with Crippen LogP contribution in [-0.4, -0.2) is 22.9 Å². The average Bonchev–Trinajstić information content (AvgIpc) is 3.05. The highest BCUT2D eigenvalue weighted by molar-refractivity contribution is 8.93. The third-order valence-corrected chi connectivity index (χ3v) is 5.78. The number of hydrogen-bond donors (Lipinski definition) is 1. The van der Waals surface area contributed by atoms with E-state index in [0.717, 1.165) is 11.0 Å². The van der Waals surface area contributed by atoms with Crippen LogP contribution in [0.4, 0.5) is 0 Å². The number of fused-ring (bicyclic) bond motifs is 1. The van der Waals surface area contributed by atoms with Gasteiger partial charge in [-0.05, 0) is 40.8 Å². The van der Waals surface area contributed by atoms with E-state index in [1.165, 1.54) is 11.1 Å². The summed E-state index contributed by atoms with van der Waals surface area (Å²) < 4.78 is 15.4. The number of aromatic nitrogens is 2. The van der Waals surface area contributed by atoms with Crippen LogP contribution in [0.25, 0.3) is 11.0 Å². The first-order chi connectivity index (χ1) is 15.4. The fraction of sp³-hybridized carbons (Fsp3) is 0.296. The third-order valence-electron chi connectivity index (χ3n) is 5.78. The number of para-hydroxylation sites is 4. The molecule has 4 rings (SSSR count). The SMILES string of the molecule is Br.COc1ccccc1OCCn1c(=N)n(Cc2ccc(C(C)(C)C)cc2)c2ccccc21. The summed E-state index contributed by atoms with van der Waals surface area (Å²) in [4.78, 5) is 0. The molecule has 0 unspecified atom stereocenters. The molecule has 3 aromatic carbocycles. The maximum Gasteiger partial charge on any atom is 0.203 e. The van der Waals surface area contributed by atoms with Gasteiger partial charge in [-0.25, -0.2) is 0 Å². The summed E-state index contributed by atoms with van der Waals surface area (Å²) in [5.74, 6) is 1.43. The molecular weight excluding hydrogens is 478 g/mol. The molecule has 0 fully saturated rings. The topological polar surface area (TPSA) is 52.2 Å². The summed E-state index contributed by atoms with van der Waals surface area (Å²) in [7, 11) is 1.64. The van der Waals surface area contributed by atoms with Crippen LogP contribution in [0.15, 0.2) is 72.8 Å². The molecule has 0 amide bonds. The molecule has 0 spiro atoms. The van der Waals surface area contributed by atoms with E-state index in [9.17, 15) is 0 Å². The zero-order chi connectivity index (χ0) is 22.7. The molecule has 1 aromatic heterocycles. The van der Waals surface area contributed by atoms with Gasteiger partial charge >= 0.3 is 0 Å². The normalized spacial score (nSPS) is 11.3. The predicted octanol–water partition coefficient (Wildman–Crippen LogP) is 5.93. The molecule has 1 heterocycles. The van der Waals surface area contributed by atoms with Gasteiger partial charge in [0.2, 0.25) is 5.62 Å². The minimum Gasteiger partial charge on any atom is -0.493 e. The molecule has 0 bridgehead atoms. The fourth-order valence-corrected chi connectivity index (χ4v) is 3.96. The van der Waals surface area contributed by atoms with E-state index in [2.05, 4.69) is 61.7 Å². The zero-order valence-electron chi connectivity index (χ0n) is 19.7. The van der Waals surface area contributed by atoms with Crippen molar-refractivity contribution in [1.29, 1.82) is 5.41 Å². The molecule has 0 radical (unpaired) electrons. The van der Waals surface area contributed by atoms with Gasteiger partial charge in [0.15, 0.2) is 11.5 Å². The number of imidazole rings is 1. The molecule has 4 aromatic rings. The zero-order valence-corrected chi connectivity index (χ0v) is 21.4. The summed E-state index contributed by atoms with van der Waals surface area (Å²) in [5.41, 5.74) is 5.18. The highest BCUT2D eigenvalue weighted by atomic mass is 79.9. The van der Waals surface area contributed by atoms with E-state index in [4.69, 9.17) is 14.9 Å². The van der Waals surface area contributed by atoms with E-state index >= 15 is 0 Å². The van der Waals surface area contributed by atoms with Gasteiger partial charge in [0.25, 0.3) is 0 Å². The standard InChI is InChI=1S/C27H31N3O2.BrH/c1-27(2,3)21-15-13-20(14-16-21)19-30-23-10-6-5-9-22(23)29(26(30)28)17-18-32-25-12-8-7-11-24(25)31-4;/h5-16,28H,17-19H2,1-4H3;1H. The van der Waals surface area contributed by atoms with Crippen LogP contribution in [-0.2, 0) is 18.5 Å². The highest BCUT2D eigenvalue weighted by Crippen LogP contribution is 2.26. The quantitative estimate of drug-likeness (QED) is 0.335. The second-order valence-corrected chi connectivity index (χ2v) is 9.00. The van der Waals surface area contributed by atoms with Crippen LogP contribution in [0.5, 0.6) is 11.5 Å². The van der Waals surface area contributed by atoms with Crippen molar-refractivity contribution in [3.8, 4) is 11.5 Å². The number of ether oxygens (including phenoxy) is 2. The van der Waals surface area contributed by atoms with Gasteiger partial charge in [0, 0.05) is 0 Å². The predicted molar refractivity (Wildman–Crippen MR) is 139 cm³/mol. The van der Waals surface area contributed by atoms with Crippen molar-refractivity contribution in [2.75, 3.05) is 13.7 Å². The van der Waals surface area contributed by atoms with Gasteiger partial charge in [0.05, 0.1) is 31.2 Å². The summed E-state index contributed by atoms with van der Waals surface area (Å²) in [6.45, 7) is 8.35. The number of nitrogens with zero attached hydrogens (tertiary/aromatic N) is 2. The van der Waals surface area contributed by atoms with Gasteiger partial charge in [-0.2, -0.15) is 0 Å². The van der Waals surface area contributed by atoms with E-state index in [-0.39, 0.29) is 22.4 Å². The van der Waals surface area contributed by atoms with Gasteiger partial charge < -0.3 is 18.6 Å². The van der Waals surface area contributed by atoms with Gasteiger partial charge in [-0.1, -0.05) is 69.3 Å². The van der Waals surface area contributed by atoms with Crippen LogP contribution in [0.2, 0.25) is 0 Å². The maximum absolute atomic E-state index is 8.87. The summed E-state index contributed by atoms with van der Waals surface area (Å²) in [6, 6.07) is 24.5. The second-order valence-electron chi connectivity index (χ2n) is 9.00. The molecule has 5 nitrogen and oxygen atoms in total. The Morgan fingerprint density at radius 2 is 1.36 bits per heavy atom. The number of hydrogen-bond acceptors (Lipinski definition) is 3. The first-order valence-corrected chi connectivity index (χ1v) is 11.0. The lowest BCUT2D eigenvalue weighted by atomic mass is 9.87. The van der Waals surface area contributed by atoms with Gasteiger partial charge in [-0.15, -0.1) is 17.0 Å². The summed E-state index contributed by atoms with van der Waals surface area (Å²) in [5, 5.41) is 8.87. The monoisotopic (exact) mass is 509 g/mol. The Hall–Kier alpha value is -2.99. The number of rotatable bonds is 7. The van der Waals surface area contributed by atoms with Gasteiger partial charge in [0.1, 0.15) is 6.61 Å². The van der Waals surface area contributed by atoms with E-state index in [1.54, 1.807) is 7.11 Å². The van der Waals surface area contributed by atoms with Crippen LogP contribution >= 0.6 is 17.0 Å². The summed E-state index contributed by atoms with van der Waals surface area (Å²) in [6.07, 6.45) is 0. The molecule has 6 heteroatoms. The van der Waals surface area contributed by atoms with Gasteiger partial charge in [-0.3, -0.25) is 5.41 Å². The van der Waals surface area contributed by atoms with E-state index in [0.29, 0.717) is 36.8 Å². The Morgan fingerprint density at radius 3 is 1.97 bits per heavy atom. The maximum atomic E-state index is 8.87. The molecule has 0 aliphatic carbocycles. The third kappa shape index (κ3) is 5.33. The van der Waals surface area contributed by atoms with Crippen molar-refractivity contribution in [3.05, 3.63) is 89.5 Å².